The van der Waals surface area contributed by atoms with Gasteiger partial charge in [-0.05, 0) is 42.5 Å². The van der Waals surface area contributed by atoms with E-state index in [0.29, 0.717) is 12.6 Å². The highest BCUT2D eigenvalue weighted by Gasteiger charge is 2.17. The quantitative estimate of drug-likeness (QED) is 0.856. The summed E-state index contributed by atoms with van der Waals surface area (Å²) in [7, 11) is 0. The number of benzene rings is 1. The van der Waals surface area contributed by atoms with Gasteiger partial charge < -0.3 is 10.6 Å². The Morgan fingerprint density at radius 2 is 1.92 bits per heavy atom. The first-order chi connectivity index (χ1) is 11.7. The maximum absolute atomic E-state index is 12.0. The average molecular weight is 323 g/mol. The number of pyridine rings is 1. The lowest BCUT2D eigenvalue weighted by atomic mass is 10.0. The molecule has 4 nitrogen and oxygen atoms in total. The van der Waals surface area contributed by atoms with Crippen LogP contribution in [0.5, 0.6) is 0 Å². The second kappa shape index (κ2) is 8.06. The molecule has 1 fully saturated rings. The van der Waals surface area contributed by atoms with Gasteiger partial charge in [-0.25, -0.2) is 0 Å². The lowest BCUT2D eigenvalue weighted by Crippen LogP contribution is -2.39. The summed E-state index contributed by atoms with van der Waals surface area (Å²) in [5.41, 5.74) is 3.44. The molecule has 4 heteroatoms. The Balaban J connectivity index is 1.51. The van der Waals surface area contributed by atoms with E-state index in [1.165, 1.54) is 18.4 Å². The first-order valence-corrected chi connectivity index (χ1v) is 8.75. The van der Waals surface area contributed by atoms with E-state index in [2.05, 4.69) is 52.9 Å². The number of nitrogens with one attached hydrogen (secondary N) is 2. The molecule has 1 saturated carbocycles. The zero-order chi connectivity index (χ0) is 16.8. The molecule has 1 aromatic heterocycles. The summed E-state index contributed by atoms with van der Waals surface area (Å²) in [5.74, 6) is 0.0979. The summed E-state index contributed by atoms with van der Waals surface area (Å²) in [5, 5.41) is 6.42. The molecular formula is C20H25N3O. The Bertz CT molecular complexity index is 648. The molecule has 0 radical (unpaired) electrons. The normalized spacial score (nSPS) is 16.0. The highest BCUT2D eigenvalue weighted by atomic mass is 16.1. The Morgan fingerprint density at radius 3 is 2.58 bits per heavy atom. The monoisotopic (exact) mass is 323 g/mol. The Kier molecular flexibility index (Phi) is 5.59. The summed E-state index contributed by atoms with van der Waals surface area (Å²) in [6.07, 6.45) is 8.36. The highest BCUT2D eigenvalue weighted by Crippen LogP contribution is 2.21. The number of rotatable bonds is 6. The van der Waals surface area contributed by atoms with Crippen LogP contribution in [0.4, 0.5) is 0 Å². The van der Waals surface area contributed by atoms with Crippen LogP contribution in [0.2, 0.25) is 0 Å². The molecule has 2 N–H and O–H groups in total. The maximum atomic E-state index is 12.0. The molecule has 3 rings (SSSR count). The zero-order valence-corrected chi connectivity index (χ0v) is 14.2. The van der Waals surface area contributed by atoms with Gasteiger partial charge in [0, 0.05) is 24.5 Å². The van der Waals surface area contributed by atoms with Gasteiger partial charge in [-0.1, -0.05) is 43.2 Å². The van der Waals surface area contributed by atoms with Gasteiger partial charge in [-0.15, -0.1) is 0 Å². The van der Waals surface area contributed by atoms with Crippen LogP contribution >= 0.6 is 0 Å². The SMILES string of the molecule is C[C@@H](NCC(=O)NC1CCCC1)c1ccc(-c2cccnc2)cc1. The van der Waals surface area contributed by atoms with Gasteiger partial charge in [0.2, 0.25) is 5.91 Å². The fraction of sp³-hybridized carbons (Fsp3) is 0.400. The fourth-order valence-electron chi connectivity index (χ4n) is 3.21. The molecule has 24 heavy (non-hydrogen) atoms. The molecule has 1 aliphatic rings. The molecule has 0 aliphatic heterocycles. The third-order valence-electron chi connectivity index (χ3n) is 4.69. The minimum absolute atomic E-state index is 0.0979. The maximum Gasteiger partial charge on any atom is 0.234 e. The summed E-state index contributed by atoms with van der Waals surface area (Å²) in [4.78, 5) is 16.1. The van der Waals surface area contributed by atoms with Crippen LogP contribution in [-0.2, 0) is 4.79 Å². The van der Waals surface area contributed by atoms with Crippen molar-refractivity contribution in [2.75, 3.05) is 6.54 Å². The van der Waals surface area contributed by atoms with Crippen molar-refractivity contribution in [3.05, 3.63) is 54.4 Å². The predicted molar refractivity (Wildman–Crippen MR) is 96.5 cm³/mol. The molecule has 2 aromatic rings. The Hall–Kier alpha value is -2.20. The molecule has 0 spiro atoms. The second-order valence-corrected chi connectivity index (χ2v) is 6.52. The minimum atomic E-state index is 0.0979. The number of amides is 1. The first kappa shape index (κ1) is 16.7. The standard InChI is InChI=1S/C20H25N3O/c1-15(22-14-20(24)23-19-6-2-3-7-19)16-8-10-17(11-9-16)18-5-4-12-21-13-18/h4-5,8-13,15,19,22H,2-3,6-7,14H2,1H3,(H,23,24)/t15-/m1/s1. The van der Waals surface area contributed by atoms with Gasteiger partial charge in [0.25, 0.3) is 0 Å². The van der Waals surface area contributed by atoms with E-state index in [-0.39, 0.29) is 11.9 Å². The average Bonchev–Trinajstić information content (AvgIpc) is 3.13. The van der Waals surface area contributed by atoms with Crippen LogP contribution < -0.4 is 10.6 Å². The van der Waals surface area contributed by atoms with E-state index < -0.39 is 0 Å². The third-order valence-corrected chi connectivity index (χ3v) is 4.69. The van der Waals surface area contributed by atoms with Gasteiger partial charge in [0.15, 0.2) is 0 Å². The predicted octanol–water partition coefficient (Wildman–Crippen LogP) is 3.46. The molecule has 1 amide bonds. The van der Waals surface area contributed by atoms with Gasteiger partial charge in [0.05, 0.1) is 6.54 Å². The van der Waals surface area contributed by atoms with Crippen molar-refractivity contribution in [1.29, 1.82) is 0 Å². The summed E-state index contributed by atoms with van der Waals surface area (Å²) >= 11 is 0. The minimum Gasteiger partial charge on any atom is -0.352 e. The van der Waals surface area contributed by atoms with Gasteiger partial charge in [-0.2, -0.15) is 0 Å². The van der Waals surface area contributed by atoms with Gasteiger partial charge in [-0.3, -0.25) is 9.78 Å². The van der Waals surface area contributed by atoms with Crippen LogP contribution in [0.15, 0.2) is 48.8 Å². The molecule has 126 valence electrons. The Morgan fingerprint density at radius 1 is 1.17 bits per heavy atom. The van der Waals surface area contributed by atoms with Crippen molar-refractivity contribution >= 4 is 5.91 Å². The summed E-state index contributed by atoms with van der Waals surface area (Å²) in [6, 6.07) is 12.9. The second-order valence-electron chi connectivity index (χ2n) is 6.52. The van der Waals surface area contributed by atoms with E-state index in [1.807, 2.05) is 12.3 Å². The van der Waals surface area contributed by atoms with E-state index in [4.69, 9.17) is 0 Å². The van der Waals surface area contributed by atoms with Crippen LogP contribution in [0, 0.1) is 0 Å². The van der Waals surface area contributed by atoms with Crippen molar-refractivity contribution in [1.82, 2.24) is 15.6 Å². The molecule has 1 atom stereocenters. The largest absolute Gasteiger partial charge is 0.352 e. The highest BCUT2D eigenvalue weighted by molar-refractivity contribution is 5.78. The Labute approximate surface area is 143 Å². The summed E-state index contributed by atoms with van der Waals surface area (Å²) < 4.78 is 0. The number of aromatic nitrogens is 1. The van der Waals surface area contributed by atoms with Crippen molar-refractivity contribution in [3.8, 4) is 11.1 Å². The van der Waals surface area contributed by atoms with Crippen molar-refractivity contribution < 1.29 is 4.79 Å². The fourth-order valence-corrected chi connectivity index (χ4v) is 3.21. The van der Waals surface area contributed by atoms with Crippen LogP contribution in [0.25, 0.3) is 11.1 Å². The molecule has 0 bridgehead atoms. The molecule has 1 aliphatic carbocycles. The number of nitrogens with zero attached hydrogens (tertiary/aromatic N) is 1. The van der Waals surface area contributed by atoms with Crippen LogP contribution in [0.1, 0.15) is 44.2 Å². The lowest BCUT2D eigenvalue weighted by molar-refractivity contribution is -0.121. The van der Waals surface area contributed by atoms with Gasteiger partial charge >= 0.3 is 0 Å². The lowest BCUT2D eigenvalue weighted by Gasteiger charge is -2.16. The summed E-state index contributed by atoms with van der Waals surface area (Å²) in [6.45, 7) is 2.45. The van der Waals surface area contributed by atoms with E-state index >= 15 is 0 Å². The van der Waals surface area contributed by atoms with Gasteiger partial charge in [0.1, 0.15) is 0 Å². The molecule has 1 heterocycles. The number of carbonyl (C=O) groups excluding carboxylic acids is 1. The smallest absolute Gasteiger partial charge is 0.234 e. The van der Waals surface area contributed by atoms with Crippen LogP contribution in [0.3, 0.4) is 0 Å². The van der Waals surface area contributed by atoms with Crippen molar-refractivity contribution in [3.63, 3.8) is 0 Å². The molecule has 0 unspecified atom stereocenters. The molecular weight excluding hydrogens is 298 g/mol. The van der Waals surface area contributed by atoms with E-state index in [0.717, 1.165) is 24.0 Å². The number of hydrogen-bond donors (Lipinski definition) is 2. The molecule has 0 saturated heterocycles. The van der Waals surface area contributed by atoms with Crippen LogP contribution in [-0.4, -0.2) is 23.5 Å². The number of hydrogen-bond acceptors (Lipinski definition) is 3. The topological polar surface area (TPSA) is 54.0 Å². The zero-order valence-electron chi connectivity index (χ0n) is 14.2. The van der Waals surface area contributed by atoms with E-state index in [9.17, 15) is 4.79 Å². The molecule has 1 aromatic carbocycles. The number of carbonyl (C=O) groups is 1. The van der Waals surface area contributed by atoms with E-state index in [1.54, 1.807) is 6.20 Å². The first-order valence-electron chi connectivity index (χ1n) is 8.75. The third kappa shape index (κ3) is 4.42. The van der Waals surface area contributed by atoms with Crippen molar-refractivity contribution in [2.45, 2.75) is 44.7 Å². The van der Waals surface area contributed by atoms with Crippen molar-refractivity contribution in [2.24, 2.45) is 0 Å².